The number of amides is 3. The number of carbonyl (C=O) groups excluding carboxylic acids is 2. The Kier molecular flexibility index (Phi) is 9.96. The van der Waals surface area contributed by atoms with Crippen LogP contribution in [-0.4, -0.2) is 79.4 Å². The first-order chi connectivity index (χ1) is 21.8. The van der Waals surface area contributed by atoms with Crippen LogP contribution in [0.15, 0.2) is 59.2 Å². The second-order valence-electron chi connectivity index (χ2n) is 10.6. The Balaban J connectivity index is 1.38. The molecule has 16 heteroatoms. The zero-order valence-electron chi connectivity index (χ0n) is 24.3. The van der Waals surface area contributed by atoms with Crippen molar-refractivity contribution in [2.24, 2.45) is 0 Å². The van der Waals surface area contributed by atoms with Crippen LogP contribution >= 0.6 is 0 Å². The van der Waals surface area contributed by atoms with Gasteiger partial charge in [-0.25, -0.2) is 4.79 Å². The Morgan fingerprint density at radius 1 is 0.848 bits per heavy atom. The van der Waals surface area contributed by atoms with E-state index in [1.54, 1.807) is 30.3 Å². The topological polar surface area (TPSA) is 96.7 Å². The molecule has 2 aromatic carbocycles. The number of halogens is 6. The summed E-state index contributed by atoms with van der Waals surface area (Å²) in [5.74, 6) is 0.934. The zero-order valence-corrected chi connectivity index (χ0v) is 24.3. The minimum Gasteiger partial charge on any atom is -0.467 e. The van der Waals surface area contributed by atoms with Gasteiger partial charge in [0.05, 0.1) is 37.1 Å². The van der Waals surface area contributed by atoms with Crippen molar-refractivity contribution in [3.8, 4) is 11.5 Å². The normalized spacial score (nSPS) is 15.1. The van der Waals surface area contributed by atoms with Crippen molar-refractivity contribution in [2.45, 2.75) is 25.4 Å². The van der Waals surface area contributed by atoms with Gasteiger partial charge in [0, 0.05) is 38.4 Å². The molecule has 0 bridgehead atoms. The van der Waals surface area contributed by atoms with Crippen molar-refractivity contribution in [1.29, 1.82) is 0 Å². The number of anilines is 1. The molecule has 3 aromatic rings. The van der Waals surface area contributed by atoms with Crippen molar-refractivity contribution < 1.29 is 54.6 Å². The highest BCUT2D eigenvalue weighted by Gasteiger charge is 2.37. The Labute approximate surface area is 259 Å². The molecular weight excluding hydrogens is 626 g/mol. The lowest BCUT2D eigenvalue weighted by Crippen LogP contribution is -2.48. The number of nitrogens with one attached hydrogen (secondary N) is 1. The number of benzene rings is 2. The number of alkyl halides is 6. The summed E-state index contributed by atoms with van der Waals surface area (Å²) in [6.45, 7) is 1.80. The van der Waals surface area contributed by atoms with Crippen LogP contribution in [0.3, 0.4) is 0 Å². The maximum Gasteiger partial charge on any atom is 0.416 e. The fourth-order valence-corrected chi connectivity index (χ4v) is 4.91. The molecule has 3 amide bonds. The molecule has 5 rings (SSSR count). The molecule has 10 nitrogen and oxygen atoms in total. The number of nitrogens with zero attached hydrogens (tertiary/aromatic N) is 3. The van der Waals surface area contributed by atoms with Gasteiger partial charge in [-0.15, -0.1) is 0 Å². The summed E-state index contributed by atoms with van der Waals surface area (Å²) in [6.07, 6.45) is -8.77. The first-order valence-corrected chi connectivity index (χ1v) is 14.2. The Morgan fingerprint density at radius 2 is 1.54 bits per heavy atom. The molecule has 0 aliphatic carbocycles. The predicted molar refractivity (Wildman–Crippen MR) is 150 cm³/mol. The fraction of sp³-hybridized carbons (Fsp3) is 0.400. The number of furan rings is 1. The van der Waals surface area contributed by atoms with Crippen molar-refractivity contribution in [2.75, 3.05) is 58.0 Å². The van der Waals surface area contributed by atoms with E-state index in [9.17, 15) is 35.9 Å². The van der Waals surface area contributed by atoms with Gasteiger partial charge in [0.25, 0.3) is 0 Å². The molecule has 0 unspecified atom stereocenters. The van der Waals surface area contributed by atoms with Gasteiger partial charge in [0.15, 0.2) is 11.5 Å². The van der Waals surface area contributed by atoms with Crippen LogP contribution in [-0.2, 0) is 35.0 Å². The number of hydrogen-bond acceptors (Lipinski definition) is 7. The Morgan fingerprint density at radius 3 is 2.20 bits per heavy atom. The summed E-state index contributed by atoms with van der Waals surface area (Å²) in [7, 11) is 0. The van der Waals surface area contributed by atoms with E-state index in [1.165, 1.54) is 11.2 Å². The first-order valence-electron chi connectivity index (χ1n) is 14.2. The van der Waals surface area contributed by atoms with Crippen LogP contribution in [0.25, 0.3) is 0 Å². The van der Waals surface area contributed by atoms with Crippen molar-refractivity contribution in [1.82, 2.24) is 14.7 Å². The summed E-state index contributed by atoms with van der Waals surface area (Å²) < 4.78 is 102. The molecular formula is C30H30F6N4O6. The quantitative estimate of drug-likeness (QED) is 0.291. The highest BCUT2D eigenvalue weighted by Crippen LogP contribution is 2.38. The maximum absolute atomic E-state index is 13.8. The monoisotopic (exact) mass is 656 g/mol. The van der Waals surface area contributed by atoms with Gasteiger partial charge in [-0.3, -0.25) is 9.69 Å². The third-order valence-electron chi connectivity index (χ3n) is 7.33. The lowest BCUT2D eigenvalue weighted by atomic mass is 10.1. The van der Waals surface area contributed by atoms with E-state index in [4.69, 9.17) is 18.6 Å². The van der Waals surface area contributed by atoms with Crippen LogP contribution in [0.2, 0.25) is 0 Å². The number of carbonyl (C=O) groups is 2. The molecule has 1 fully saturated rings. The van der Waals surface area contributed by atoms with Gasteiger partial charge in [-0.1, -0.05) is 6.07 Å². The summed E-state index contributed by atoms with van der Waals surface area (Å²) in [5.41, 5.74) is -3.20. The first kappa shape index (κ1) is 32.9. The third kappa shape index (κ3) is 8.63. The van der Waals surface area contributed by atoms with Gasteiger partial charge >= 0.3 is 18.4 Å². The summed E-state index contributed by atoms with van der Waals surface area (Å²) in [6, 6.07) is 8.20. The maximum atomic E-state index is 13.8. The standard InChI is InChI=1S/C30H30F6N4O6/c31-29(32,33)21-13-22(30(34,35)36)15-23(14-21)37-28(42)39(6-5-38-7-10-43-11-8-38)18-27(41)40(17-24-2-1-9-44-24)16-20-3-4-25-26(12-20)46-19-45-25/h1-4,9,12-15H,5-8,10-11,16-19H2,(H,37,42). The smallest absolute Gasteiger partial charge is 0.416 e. The Bertz CT molecular complexity index is 1480. The van der Waals surface area contributed by atoms with Gasteiger partial charge in [0.2, 0.25) is 12.7 Å². The minimum atomic E-state index is -5.10. The Hall–Kier alpha value is -4.44. The predicted octanol–water partition coefficient (Wildman–Crippen LogP) is 5.44. The summed E-state index contributed by atoms with van der Waals surface area (Å²) >= 11 is 0. The van der Waals surface area contributed by atoms with E-state index in [0.29, 0.717) is 61.3 Å². The number of fused-ring (bicyclic) bond motifs is 1. The highest BCUT2D eigenvalue weighted by molar-refractivity contribution is 5.92. The molecule has 46 heavy (non-hydrogen) atoms. The second-order valence-corrected chi connectivity index (χ2v) is 10.6. The van der Waals surface area contributed by atoms with Gasteiger partial charge < -0.3 is 33.7 Å². The SMILES string of the molecule is O=C(CN(CCN1CCOCC1)C(=O)Nc1cc(C(F)(F)F)cc(C(F)(F)F)c1)N(Cc1ccc2c(c1)OCO2)Cc1ccco1. The molecule has 1 aromatic heterocycles. The van der Waals surface area contributed by atoms with Crippen LogP contribution < -0.4 is 14.8 Å². The lowest BCUT2D eigenvalue weighted by Gasteiger charge is -2.31. The number of morpholine rings is 1. The van der Waals surface area contributed by atoms with Gasteiger partial charge in [-0.05, 0) is 48.0 Å². The van der Waals surface area contributed by atoms with E-state index >= 15 is 0 Å². The molecule has 0 saturated carbocycles. The number of urea groups is 1. The van der Waals surface area contributed by atoms with Crippen LogP contribution in [0.4, 0.5) is 36.8 Å². The number of rotatable bonds is 10. The lowest BCUT2D eigenvalue weighted by molar-refractivity contribution is -0.143. The largest absolute Gasteiger partial charge is 0.467 e. The summed E-state index contributed by atoms with van der Waals surface area (Å²) in [5, 5.41) is 2.15. The van der Waals surface area contributed by atoms with E-state index < -0.39 is 47.6 Å². The fourth-order valence-electron chi connectivity index (χ4n) is 4.91. The third-order valence-corrected chi connectivity index (χ3v) is 7.33. The average molecular weight is 657 g/mol. The van der Waals surface area contributed by atoms with Gasteiger partial charge in [-0.2, -0.15) is 26.3 Å². The van der Waals surface area contributed by atoms with E-state index in [1.807, 2.05) is 4.90 Å². The number of hydrogen-bond donors (Lipinski definition) is 1. The van der Waals surface area contributed by atoms with Crippen LogP contribution in [0.1, 0.15) is 22.5 Å². The molecule has 248 valence electrons. The zero-order chi connectivity index (χ0) is 32.9. The number of ether oxygens (including phenoxy) is 3. The van der Waals surface area contributed by atoms with Crippen LogP contribution in [0.5, 0.6) is 11.5 Å². The van der Waals surface area contributed by atoms with Crippen molar-refractivity contribution in [3.05, 3.63) is 77.2 Å². The molecule has 1 N–H and O–H groups in total. The van der Waals surface area contributed by atoms with E-state index in [2.05, 4.69) is 5.32 Å². The molecule has 0 atom stereocenters. The molecule has 1 saturated heterocycles. The van der Waals surface area contributed by atoms with Crippen LogP contribution in [0, 0.1) is 0 Å². The molecule has 3 heterocycles. The molecule has 0 spiro atoms. The van der Waals surface area contributed by atoms with Crippen molar-refractivity contribution in [3.63, 3.8) is 0 Å². The molecule has 2 aliphatic rings. The van der Waals surface area contributed by atoms with Crippen molar-refractivity contribution >= 4 is 17.6 Å². The highest BCUT2D eigenvalue weighted by atomic mass is 19.4. The van der Waals surface area contributed by atoms with E-state index in [0.717, 1.165) is 4.90 Å². The minimum absolute atomic E-state index is 0.0156. The molecule has 0 radical (unpaired) electrons. The second kappa shape index (κ2) is 13.9. The van der Waals surface area contributed by atoms with Gasteiger partial charge in [0.1, 0.15) is 12.3 Å². The van der Waals surface area contributed by atoms with E-state index in [-0.39, 0.29) is 39.0 Å². The molecule has 2 aliphatic heterocycles. The average Bonchev–Trinajstić information content (AvgIpc) is 3.70. The summed E-state index contributed by atoms with van der Waals surface area (Å²) in [4.78, 5) is 31.7.